The Morgan fingerprint density at radius 1 is 1.21 bits per heavy atom. The third-order valence-electron chi connectivity index (χ3n) is 6.16. The van der Waals surface area contributed by atoms with Crippen LogP contribution in [-0.2, 0) is 16.1 Å². The Hall–Kier alpha value is -3.46. The van der Waals surface area contributed by atoms with Gasteiger partial charge < -0.3 is 9.64 Å². The van der Waals surface area contributed by atoms with Crippen LogP contribution in [-0.4, -0.2) is 41.5 Å². The number of benzene rings is 1. The molecular formula is C25H29N5O3S. The Bertz CT molecular complexity index is 1470. The topological polar surface area (TPSA) is 81.7 Å². The van der Waals surface area contributed by atoms with Crippen molar-refractivity contribution in [2.24, 2.45) is 4.99 Å². The highest BCUT2D eigenvalue weighted by Gasteiger charge is 2.33. The fourth-order valence-corrected chi connectivity index (χ4v) is 5.35. The highest BCUT2D eigenvalue weighted by molar-refractivity contribution is 7.07. The van der Waals surface area contributed by atoms with Crippen LogP contribution in [0.15, 0.2) is 45.3 Å². The van der Waals surface area contributed by atoms with Gasteiger partial charge >= 0.3 is 5.97 Å². The second-order valence-corrected chi connectivity index (χ2v) is 9.47. The molecule has 0 amide bonds. The van der Waals surface area contributed by atoms with Crippen LogP contribution in [0, 0.1) is 13.8 Å². The van der Waals surface area contributed by atoms with Gasteiger partial charge in [-0.3, -0.25) is 14.0 Å². The lowest BCUT2D eigenvalue weighted by Crippen LogP contribution is -2.39. The molecule has 3 heterocycles. The predicted molar refractivity (Wildman–Crippen MR) is 134 cm³/mol. The molecule has 1 unspecified atom stereocenters. The van der Waals surface area contributed by atoms with Gasteiger partial charge in [-0.2, -0.15) is 5.10 Å². The number of aromatic nitrogens is 3. The van der Waals surface area contributed by atoms with Crippen LogP contribution in [0.25, 0.3) is 6.08 Å². The van der Waals surface area contributed by atoms with Crippen LogP contribution in [0.1, 0.15) is 42.4 Å². The number of carbonyl (C=O) groups is 1. The number of methoxy groups -OCH3 is 1. The normalized spacial score (nSPS) is 15.9. The third kappa shape index (κ3) is 3.90. The molecule has 1 aliphatic rings. The van der Waals surface area contributed by atoms with Crippen molar-refractivity contribution in [3.05, 3.63) is 77.7 Å². The summed E-state index contributed by atoms with van der Waals surface area (Å²) in [7, 11) is 5.27. The number of anilines is 1. The summed E-state index contributed by atoms with van der Waals surface area (Å²) in [6.45, 7) is 8.52. The smallest absolute Gasteiger partial charge is 0.338 e. The Kier molecular flexibility index (Phi) is 6.31. The van der Waals surface area contributed by atoms with Crippen LogP contribution in [0.2, 0.25) is 0 Å². The second-order valence-electron chi connectivity index (χ2n) is 8.46. The largest absolute Gasteiger partial charge is 0.466 e. The number of ether oxygens (including phenoxy) is 1. The molecule has 0 aliphatic carbocycles. The van der Waals surface area contributed by atoms with Gasteiger partial charge in [-0.05, 0) is 51.5 Å². The van der Waals surface area contributed by atoms with Gasteiger partial charge in [0.05, 0.1) is 34.6 Å². The SMILES string of the molecule is CCn1nc(C)c(/C=c2\sc3n(c2=O)C(c2ccc(N(C)C)cc2)C(C(=O)OC)=C(C)N=3)c1C. The lowest BCUT2D eigenvalue weighted by molar-refractivity contribution is -0.136. The van der Waals surface area contributed by atoms with Gasteiger partial charge in [0, 0.05) is 37.6 Å². The van der Waals surface area contributed by atoms with Crippen molar-refractivity contribution in [3.8, 4) is 0 Å². The van der Waals surface area contributed by atoms with Crippen molar-refractivity contribution < 1.29 is 9.53 Å². The van der Waals surface area contributed by atoms with E-state index in [0.717, 1.165) is 34.7 Å². The quantitative estimate of drug-likeness (QED) is 0.525. The molecule has 4 rings (SSSR count). The van der Waals surface area contributed by atoms with Gasteiger partial charge in [0.2, 0.25) is 0 Å². The molecule has 3 aromatic rings. The summed E-state index contributed by atoms with van der Waals surface area (Å²) in [5, 5.41) is 4.56. The summed E-state index contributed by atoms with van der Waals surface area (Å²) >= 11 is 1.32. The van der Waals surface area contributed by atoms with E-state index in [4.69, 9.17) is 4.74 Å². The van der Waals surface area contributed by atoms with Crippen molar-refractivity contribution in [2.75, 3.05) is 26.1 Å². The van der Waals surface area contributed by atoms with Gasteiger partial charge in [-0.15, -0.1) is 0 Å². The van der Waals surface area contributed by atoms with Crippen LogP contribution in [0.4, 0.5) is 5.69 Å². The minimum absolute atomic E-state index is 0.192. The molecule has 0 radical (unpaired) electrons. The summed E-state index contributed by atoms with van der Waals surface area (Å²) in [6.07, 6.45) is 1.89. The molecule has 1 aliphatic heterocycles. The highest BCUT2D eigenvalue weighted by atomic mass is 32.1. The Labute approximate surface area is 202 Å². The zero-order valence-electron chi connectivity index (χ0n) is 20.5. The summed E-state index contributed by atoms with van der Waals surface area (Å²) in [5.41, 5.74) is 5.37. The average Bonchev–Trinajstić information content (AvgIpc) is 3.27. The first-order valence-electron chi connectivity index (χ1n) is 11.1. The molecule has 0 bridgehead atoms. The maximum absolute atomic E-state index is 13.7. The molecule has 0 fully saturated rings. The average molecular weight is 480 g/mol. The molecule has 9 heteroatoms. The number of fused-ring (bicyclic) bond motifs is 1. The van der Waals surface area contributed by atoms with Crippen LogP contribution in [0.5, 0.6) is 0 Å². The van der Waals surface area contributed by atoms with Crippen molar-refractivity contribution >= 4 is 29.1 Å². The number of thiazole rings is 1. The van der Waals surface area contributed by atoms with Gasteiger partial charge in [-0.25, -0.2) is 9.79 Å². The minimum Gasteiger partial charge on any atom is -0.466 e. The monoisotopic (exact) mass is 479 g/mol. The summed E-state index contributed by atoms with van der Waals surface area (Å²) in [5.74, 6) is -0.492. The number of hydrogen-bond donors (Lipinski definition) is 0. The van der Waals surface area contributed by atoms with E-state index in [1.165, 1.54) is 18.4 Å². The zero-order valence-corrected chi connectivity index (χ0v) is 21.4. The van der Waals surface area contributed by atoms with Gasteiger partial charge in [-0.1, -0.05) is 23.5 Å². The van der Waals surface area contributed by atoms with Crippen LogP contribution < -0.4 is 19.8 Å². The van der Waals surface area contributed by atoms with E-state index < -0.39 is 12.0 Å². The number of hydrogen-bond acceptors (Lipinski definition) is 7. The first-order chi connectivity index (χ1) is 16.2. The molecule has 0 saturated carbocycles. The number of carbonyl (C=O) groups excluding carboxylic acids is 1. The molecule has 34 heavy (non-hydrogen) atoms. The molecule has 2 aromatic heterocycles. The second kappa shape index (κ2) is 9.06. The lowest BCUT2D eigenvalue weighted by Gasteiger charge is -2.25. The summed E-state index contributed by atoms with van der Waals surface area (Å²) in [4.78, 5) is 33.7. The van der Waals surface area contributed by atoms with Gasteiger partial charge in [0.1, 0.15) is 0 Å². The minimum atomic E-state index is -0.623. The molecule has 0 saturated heterocycles. The first-order valence-corrected chi connectivity index (χ1v) is 11.9. The molecule has 178 valence electrons. The molecule has 0 N–H and O–H groups in total. The van der Waals surface area contributed by atoms with Crippen LogP contribution in [0.3, 0.4) is 0 Å². The van der Waals surface area contributed by atoms with E-state index in [2.05, 4.69) is 10.1 Å². The van der Waals surface area contributed by atoms with E-state index in [1.807, 2.05) is 74.8 Å². The summed E-state index contributed by atoms with van der Waals surface area (Å²) in [6, 6.07) is 7.21. The number of rotatable bonds is 5. The fourth-order valence-electron chi connectivity index (χ4n) is 4.32. The van der Waals surface area contributed by atoms with Crippen molar-refractivity contribution in [1.29, 1.82) is 0 Å². The lowest BCUT2D eigenvalue weighted by atomic mass is 9.95. The standard InChI is InChI=1S/C25H29N5O3S/c1-8-29-16(4)19(14(2)27-29)13-20-23(31)30-22(17-9-11-18(12-10-17)28(5)6)21(24(32)33-7)15(3)26-25(30)34-20/h9-13,22H,8H2,1-7H3/b20-13-. The molecule has 1 aromatic carbocycles. The van der Waals surface area contributed by atoms with Gasteiger partial charge in [0.25, 0.3) is 5.56 Å². The zero-order chi connectivity index (χ0) is 24.7. The predicted octanol–water partition coefficient (Wildman–Crippen LogP) is 2.31. The molecule has 0 spiro atoms. The molecule has 8 nitrogen and oxygen atoms in total. The Balaban J connectivity index is 1.96. The maximum atomic E-state index is 13.7. The Morgan fingerprint density at radius 2 is 1.88 bits per heavy atom. The third-order valence-corrected chi connectivity index (χ3v) is 7.15. The number of allylic oxidation sites excluding steroid dienone is 1. The first kappa shape index (κ1) is 23.7. The van der Waals surface area contributed by atoms with Gasteiger partial charge in [0.15, 0.2) is 4.80 Å². The fraction of sp³-hybridized carbons (Fsp3) is 0.360. The van der Waals surface area contributed by atoms with Crippen molar-refractivity contribution in [3.63, 3.8) is 0 Å². The van der Waals surface area contributed by atoms with E-state index >= 15 is 0 Å². The summed E-state index contributed by atoms with van der Waals surface area (Å²) < 4.78 is 9.16. The van der Waals surface area contributed by atoms with E-state index in [9.17, 15) is 9.59 Å². The van der Waals surface area contributed by atoms with Crippen molar-refractivity contribution in [2.45, 2.75) is 40.3 Å². The number of aryl methyl sites for hydroxylation is 2. The van der Waals surface area contributed by atoms with Crippen LogP contribution >= 0.6 is 11.3 Å². The van der Waals surface area contributed by atoms with E-state index in [0.29, 0.717) is 20.6 Å². The molecule has 1 atom stereocenters. The number of nitrogens with zero attached hydrogens (tertiary/aromatic N) is 5. The Morgan fingerprint density at radius 3 is 2.44 bits per heavy atom. The highest BCUT2D eigenvalue weighted by Crippen LogP contribution is 2.31. The van der Waals surface area contributed by atoms with E-state index in [-0.39, 0.29) is 5.56 Å². The van der Waals surface area contributed by atoms with E-state index in [1.54, 1.807) is 11.5 Å². The maximum Gasteiger partial charge on any atom is 0.338 e. The molecular weight excluding hydrogens is 450 g/mol. The number of esters is 1. The van der Waals surface area contributed by atoms with Crippen molar-refractivity contribution in [1.82, 2.24) is 14.3 Å².